The second kappa shape index (κ2) is 11.0. The summed E-state index contributed by atoms with van der Waals surface area (Å²) in [6.45, 7) is 2.27. The number of unbranched alkanes of at least 4 members (excludes halogenated alkanes) is 7. The number of aryl methyl sites for hydroxylation is 1. The molecule has 0 aliphatic carbocycles. The second-order valence-corrected chi connectivity index (χ2v) is 8.55. The van der Waals surface area contributed by atoms with Crippen LogP contribution in [0.15, 0.2) is 36.4 Å². The van der Waals surface area contributed by atoms with E-state index in [9.17, 15) is 18.0 Å². The van der Waals surface area contributed by atoms with Crippen LogP contribution in [0.2, 0.25) is 0 Å². The molecule has 1 aliphatic heterocycles. The van der Waals surface area contributed by atoms with Crippen LogP contribution in [-0.2, 0) is 11.2 Å². The zero-order chi connectivity index (χ0) is 22.3. The molecule has 0 unspecified atom stereocenters. The van der Waals surface area contributed by atoms with E-state index < -0.39 is 12.2 Å². The van der Waals surface area contributed by atoms with Gasteiger partial charge in [-0.2, -0.15) is 13.2 Å². The van der Waals surface area contributed by atoms with Crippen LogP contribution in [0, 0.1) is 0 Å². The van der Waals surface area contributed by atoms with Crippen LogP contribution in [0.3, 0.4) is 0 Å². The Hall–Kier alpha value is -2.08. The van der Waals surface area contributed by atoms with Crippen molar-refractivity contribution < 1.29 is 18.0 Å². The molecule has 0 spiro atoms. The van der Waals surface area contributed by atoms with E-state index in [1.54, 1.807) is 12.1 Å². The number of carbonyl (C=O) groups excluding carboxylic acids is 1. The molecule has 1 N–H and O–H groups in total. The molecule has 170 valence electrons. The number of fused-ring (bicyclic) bond motifs is 1. The lowest BCUT2D eigenvalue weighted by atomic mass is 9.95. The number of hydrogen-bond donors (Lipinski definition) is 1. The monoisotopic (exact) mass is 434 g/mol. The number of benzene rings is 2. The number of halogens is 3. The average Bonchev–Trinajstić information content (AvgIpc) is 3.14. The maximum absolute atomic E-state index is 13.9. The van der Waals surface area contributed by atoms with Gasteiger partial charge in [-0.25, -0.2) is 5.01 Å². The van der Waals surface area contributed by atoms with Crippen molar-refractivity contribution in [3.63, 3.8) is 0 Å². The lowest BCUT2D eigenvalue weighted by Gasteiger charge is -2.29. The van der Waals surface area contributed by atoms with Crippen molar-refractivity contribution in [1.29, 1.82) is 0 Å². The van der Waals surface area contributed by atoms with Crippen molar-refractivity contribution >= 4 is 16.7 Å². The topological polar surface area (TPSA) is 32.3 Å². The molecular formula is C25H33F3N2O. The van der Waals surface area contributed by atoms with Gasteiger partial charge >= 0.3 is 6.18 Å². The van der Waals surface area contributed by atoms with Crippen molar-refractivity contribution in [2.75, 3.05) is 6.54 Å². The third-order valence-corrected chi connectivity index (χ3v) is 6.08. The van der Waals surface area contributed by atoms with Crippen LogP contribution in [0.1, 0.15) is 81.9 Å². The van der Waals surface area contributed by atoms with E-state index in [4.69, 9.17) is 0 Å². The van der Waals surface area contributed by atoms with Crippen molar-refractivity contribution in [2.45, 2.75) is 83.4 Å². The van der Waals surface area contributed by atoms with Gasteiger partial charge in [0.2, 0.25) is 5.91 Å². The normalized spacial score (nSPS) is 16.1. The van der Waals surface area contributed by atoms with Crippen molar-refractivity contribution in [3.8, 4) is 0 Å². The largest absolute Gasteiger partial charge is 0.409 e. The highest BCUT2D eigenvalue weighted by atomic mass is 19.4. The van der Waals surface area contributed by atoms with Crippen LogP contribution >= 0.6 is 0 Å². The predicted octanol–water partition coefficient (Wildman–Crippen LogP) is 6.86. The lowest BCUT2D eigenvalue weighted by Crippen LogP contribution is -2.43. The first-order chi connectivity index (χ1) is 14.9. The fourth-order valence-electron chi connectivity index (χ4n) is 4.43. The maximum atomic E-state index is 13.9. The smallest absolute Gasteiger partial charge is 0.288 e. The molecule has 0 radical (unpaired) electrons. The summed E-state index contributed by atoms with van der Waals surface area (Å²) in [5, 5.41) is 2.85. The van der Waals surface area contributed by atoms with Gasteiger partial charge in [0.1, 0.15) is 6.04 Å². The molecule has 2 aromatic rings. The van der Waals surface area contributed by atoms with E-state index in [-0.39, 0.29) is 24.4 Å². The summed E-state index contributed by atoms with van der Waals surface area (Å²) in [4.78, 5) is 11.5. The standard InChI is InChI=1S/C25H33F3N2O/c1-2-3-4-5-6-7-8-9-11-19-12-10-13-20-14-15-21(18-22(19)20)24(25(26,27)28)30-17-16-23(31)29-30/h10,12-15,18,24H,2-9,11,16-17H2,1H3,(H,29,31)/t24-/m0/s1. The first-order valence-electron chi connectivity index (χ1n) is 11.5. The van der Waals surface area contributed by atoms with E-state index in [0.29, 0.717) is 0 Å². The summed E-state index contributed by atoms with van der Waals surface area (Å²) in [7, 11) is 0. The first-order valence-corrected chi connectivity index (χ1v) is 11.5. The molecule has 31 heavy (non-hydrogen) atoms. The molecule has 1 atom stereocenters. The number of alkyl halides is 3. The molecule has 1 amide bonds. The van der Waals surface area contributed by atoms with Gasteiger partial charge in [-0.1, -0.05) is 82.2 Å². The summed E-state index contributed by atoms with van der Waals surface area (Å²) in [5.74, 6) is -0.370. The zero-order valence-corrected chi connectivity index (χ0v) is 18.3. The van der Waals surface area contributed by atoms with Crippen molar-refractivity contribution in [3.05, 3.63) is 47.5 Å². The van der Waals surface area contributed by atoms with E-state index in [2.05, 4.69) is 12.3 Å². The van der Waals surface area contributed by atoms with Crippen molar-refractivity contribution in [1.82, 2.24) is 10.4 Å². The van der Waals surface area contributed by atoms with Gasteiger partial charge < -0.3 is 0 Å². The highest BCUT2D eigenvalue weighted by molar-refractivity contribution is 5.86. The average molecular weight is 435 g/mol. The predicted molar refractivity (Wildman–Crippen MR) is 119 cm³/mol. The van der Waals surface area contributed by atoms with Crippen LogP contribution in [0.4, 0.5) is 13.2 Å². The fourth-order valence-corrected chi connectivity index (χ4v) is 4.43. The minimum Gasteiger partial charge on any atom is -0.288 e. The van der Waals surface area contributed by atoms with Gasteiger partial charge in [-0.05, 0) is 40.8 Å². The molecule has 3 rings (SSSR count). The third kappa shape index (κ3) is 6.45. The first kappa shape index (κ1) is 23.6. The Balaban J connectivity index is 1.71. The Morgan fingerprint density at radius 1 is 1.00 bits per heavy atom. The second-order valence-electron chi connectivity index (χ2n) is 8.55. The van der Waals surface area contributed by atoms with E-state index in [1.807, 2.05) is 18.2 Å². The Labute approximate surface area is 183 Å². The van der Waals surface area contributed by atoms with Gasteiger partial charge in [0.05, 0.1) is 0 Å². The molecule has 0 bridgehead atoms. The SMILES string of the molecule is CCCCCCCCCCc1cccc2ccc([C@H](N3CCC(=O)N3)C(F)(F)F)cc12. The molecule has 0 saturated carbocycles. The van der Waals surface area contributed by atoms with Gasteiger partial charge in [0.15, 0.2) is 0 Å². The number of hydrogen-bond acceptors (Lipinski definition) is 2. The Morgan fingerprint density at radius 3 is 2.35 bits per heavy atom. The van der Waals surface area contributed by atoms with Gasteiger partial charge in [0, 0.05) is 13.0 Å². The summed E-state index contributed by atoms with van der Waals surface area (Å²) in [6, 6.07) is 9.06. The van der Waals surface area contributed by atoms with Crippen LogP contribution < -0.4 is 5.43 Å². The highest BCUT2D eigenvalue weighted by Gasteiger charge is 2.46. The van der Waals surface area contributed by atoms with Gasteiger partial charge in [0.25, 0.3) is 0 Å². The molecule has 1 saturated heterocycles. The number of hydrazine groups is 1. The molecule has 2 aromatic carbocycles. The minimum atomic E-state index is -4.47. The minimum absolute atomic E-state index is 0.0565. The fraction of sp³-hybridized carbons (Fsp3) is 0.560. The van der Waals surface area contributed by atoms with Gasteiger partial charge in [-0.15, -0.1) is 0 Å². The van der Waals surface area contributed by atoms with E-state index >= 15 is 0 Å². The number of nitrogens with zero attached hydrogens (tertiary/aromatic N) is 1. The van der Waals surface area contributed by atoms with E-state index in [1.165, 1.54) is 44.6 Å². The molecule has 6 heteroatoms. The summed E-state index contributed by atoms with van der Waals surface area (Å²) in [5.41, 5.74) is 3.63. The lowest BCUT2D eigenvalue weighted by molar-refractivity contribution is -0.191. The molecule has 1 aliphatic rings. The number of carbonyl (C=O) groups is 1. The molecule has 0 aromatic heterocycles. The van der Waals surface area contributed by atoms with E-state index in [0.717, 1.165) is 40.6 Å². The third-order valence-electron chi connectivity index (χ3n) is 6.08. The number of rotatable bonds is 11. The quantitative estimate of drug-likeness (QED) is 0.392. The number of amides is 1. The van der Waals surface area contributed by atoms with Crippen LogP contribution in [0.5, 0.6) is 0 Å². The van der Waals surface area contributed by atoms with Crippen molar-refractivity contribution in [2.24, 2.45) is 0 Å². The summed E-state index contributed by atoms with van der Waals surface area (Å²) < 4.78 is 41.7. The zero-order valence-electron chi connectivity index (χ0n) is 18.3. The highest BCUT2D eigenvalue weighted by Crippen LogP contribution is 2.39. The maximum Gasteiger partial charge on any atom is 0.409 e. The molecular weight excluding hydrogens is 401 g/mol. The Bertz CT molecular complexity index is 865. The summed E-state index contributed by atoms with van der Waals surface area (Å²) >= 11 is 0. The molecule has 1 heterocycles. The van der Waals surface area contributed by atoms with Gasteiger partial charge in [-0.3, -0.25) is 10.2 Å². The number of nitrogens with one attached hydrogen (secondary N) is 1. The Kier molecular flexibility index (Phi) is 8.35. The molecule has 1 fully saturated rings. The van der Waals surface area contributed by atoms with Crippen LogP contribution in [0.25, 0.3) is 10.8 Å². The Morgan fingerprint density at radius 2 is 1.71 bits per heavy atom. The van der Waals surface area contributed by atoms with Crippen LogP contribution in [-0.4, -0.2) is 23.6 Å². The summed E-state index contributed by atoms with van der Waals surface area (Å²) in [6.07, 6.45) is 6.29. The molecule has 3 nitrogen and oxygen atoms in total.